The molecule has 0 aliphatic rings. The molecule has 0 aliphatic heterocycles. The Kier molecular flexibility index (Phi) is 10.6. The van der Waals surface area contributed by atoms with Crippen LogP contribution in [-0.4, -0.2) is 47.4 Å². The lowest BCUT2D eigenvalue weighted by molar-refractivity contribution is -0.137. The Morgan fingerprint density at radius 3 is 2.29 bits per heavy atom. The number of hydrogen-bond donors (Lipinski definition) is 2. The lowest BCUT2D eigenvalue weighted by Gasteiger charge is -2.13. The molecule has 0 heterocycles. The van der Waals surface area contributed by atoms with Crippen molar-refractivity contribution in [2.75, 3.05) is 33.0 Å². The summed E-state index contributed by atoms with van der Waals surface area (Å²) in [6.07, 6.45) is -2.59. The van der Waals surface area contributed by atoms with Gasteiger partial charge in [-0.15, -0.1) is 24.0 Å². The fraction of sp³-hybridized carbons (Fsp3) is 0.350. The summed E-state index contributed by atoms with van der Waals surface area (Å²) in [7, 11) is -1.61. The molecule has 0 atom stereocenters. The normalized spacial score (nSPS) is 12.1. The number of ether oxygens (including phenoxy) is 1. The van der Waals surface area contributed by atoms with Gasteiger partial charge in [-0.2, -0.15) is 13.2 Å². The molecule has 6 nitrogen and oxygen atoms in total. The van der Waals surface area contributed by atoms with Crippen LogP contribution in [0.5, 0.6) is 5.75 Å². The molecule has 2 aromatic carbocycles. The van der Waals surface area contributed by atoms with Gasteiger partial charge in [0, 0.05) is 19.8 Å². The van der Waals surface area contributed by atoms with Crippen LogP contribution >= 0.6 is 24.0 Å². The number of guanidine groups is 1. The number of hydrogen-bond acceptors (Lipinski definition) is 4. The van der Waals surface area contributed by atoms with Crippen LogP contribution in [0.3, 0.4) is 0 Å². The summed E-state index contributed by atoms with van der Waals surface area (Å²) in [6.45, 7) is 1.07. The number of halogens is 4. The number of alkyl halides is 3. The molecule has 2 aromatic rings. The first kappa shape index (κ1) is 27.0. The van der Waals surface area contributed by atoms with Gasteiger partial charge in [-0.25, -0.2) is 8.42 Å². The van der Waals surface area contributed by atoms with E-state index < -0.39 is 21.6 Å². The molecule has 0 spiro atoms. The lowest BCUT2D eigenvalue weighted by atomic mass is 10.1. The first-order chi connectivity index (χ1) is 14.1. The van der Waals surface area contributed by atoms with E-state index in [1.54, 1.807) is 31.3 Å². The number of rotatable bonds is 8. The van der Waals surface area contributed by atoms with Gasteiger partial charge in [0.25, 0.3) is 0 Å². The molecule has 2 N–H and O–H groups in total. The molecule has 0 saturated carbocycles. The van der Waals surface area contributed by atoms with Gasteiger partial charge in [-0.3, -0.25) is 4.99 Å². The van der Waals surface area contributed by atoms with Crippen molar-refractivity contribution in [3.8, 4) is 5.75 Å². The Morgan fingerprint density at radius 1 is 1.06 bits per heavy atom. The molecule has 2 rings (SSSR count). The Morgan fingerprint density at radius 2 is 1.71 bits per heavy atom. The highest BCUT2D eigenvalue weighted by Gasteiger charge is 2.30. The molecule has 11 heteroatoms. The second-order valence-corrected chi connectivity index (χ2v) is 8.48. The molecule has 172 valence electrons. The van der Waals surface area contributed by atoms with Crippen molar-refractivity contribution in [1.82, 2.24) is 10.6 Å². The Balaban J connectivity index is 0.00000480. The van der Waals surface area contributed by atoms with Gasteiger partial charge >= 0.3 is 6.18 Å². The van der Waals surface area contributed by atoms with Crippen LogP contribution in [0.4, 0.5) is 13.2 Å². The van der Waals surface area contributed by atoms with Crippen LogP contribution in [-0.2, 0) is 22.4 Å². The molecule has 31 heavy (non-hydrogen) atoms. The van der Waals surface area contributed by atoms with Crippen LogP contribution in [0.15, 0.2) is 58.4 Å². The van der Waals surface area contributed by atoms with Gasteiger partial charge in [0.2, 0.25) is 0 Å². The van der Waals surface area contributed by atoms with E-state index in [-0.39, 0.29) is 41.2 Å². The third-order valence-electron chi connectivity index (χ3n) is 4.11. The van der Waals surface area contributed by atoms with Crippen molar-refractivity contribution in [1.29, 1.82) is 0 Å². The molecule has 0 radical (unpaired) electrons. The van der Waals surface area contributed by atoms with Gasteiger partial charge in [0.1, 0.15) is 12.4 Å². The predicted molar refractivity (Wildman–Crippen MR) is 125 cm³/mol. The standard InChI is InChI=1S/C20H24F3N3O3S.HI/c1-24-19(25-11-10-15-6-8-18(9-7-15)30(2,27)28)26-12-13-29-17-5-3-4-16(14-17)20(21,22)23;/h3-9,14H,10-13H2,1-2H3,(H2,24,25,26);1H. The first-order valence-corrected chi connectivity index (χ1v) is 11.0. The van der Waals surface area contributed by atoms with E-state index in [1.165, 1.54) is 12.1 Å². The van der Waals surface area contributed by atoms with Crippen molar-refractivity contribution in [3.63, 3.8) is 0 Å². The largest absolute Gasteiger partial charge is 0.492 e. The highest BCUT2D eigenvalue weighted by molar-refractivity contribution is 14.0. The molecular formula is C20H25F3IN3O3S. The zero-order chi connectivity index (χ0) is 22.2. The number of benzene rings is 2. The van der Waals surface area contributed by atoms with E-state index in [0.29, 0.717) is 25.5 Å². The van der Waals surface area contributed by atoms with Crippen LogP contribution in [0.25, 0.3) is 0 Å². The smallest absolute Gasteiger partial charge is 0.416 e. The van der Waals surface area contributed by atoms with Crippen molar-refractivity contribution in [3.05, 3.63) is 59.7 Å². The summed E-state index contributed by atoms with van der Waals surface area (Å²) < 4.78 is 66.4. The molecular weight excluding hydrogens is 546 g/mol. The van der Waals surface area contributed by atoms with Gasteiger partial charge in [0.15, 0.2) is 15.8 Å². The van der Waals surface area contributed by atoms with Crippen LogP contribution in [0, 0.1) is 0 Å². The third kappa shape index (κ3) is 9.33. The van der Waals surface area contributed by atoms with Gasteiger partial charge in [-0.1, -0.05) is 18.2 Å². The van der Waals surface area contributed by atoms with E-state index >= 15 is 0 Å². The van der Waals surface area contributed by atoms with Gasteiger partial charge < -0.3 is 15.4 Å². The number of aliphatic imine (C=N–C) groups is 1. The Bertz CT molecular complexity index is 966. The van der Waals surface area contributed by atoms with Crippen LogP contribution in [0.1, 0.15) is 11.1 Å². The molecule has 0 aliphatic carbocycles. The van der Waals surface area contributed by atoms with E-state index in [1.807, 2.05) is 0 Å². The lowest BCUT2D eigenvalue weighted by Crippen LogP contribution is -2.40. The maximum Gasteiger partial charge on any atom is 0.416 e. The third-order valence-corrected chi connectivity index (χ3v) is 5.23. The predicted octanol–water partition coefficient (Wildman–Crippen LogP) is 3.51. The minimum Gasteiger partial charge on any atom is -0.492 e. The molecule has 0 unspecified atom stereocenters. The summed E-state index contributed by atoms with van der Waals surface area (Å²) >= 11 is 0. The first-order valence-electron chi connectivity index (χ1n) is 9.13. The van der Waals surface area contributed by atoms with E-state index in [9.17, 15) is 21.6 Å². The maximum absolute atomic E-state index is 12.7. The summed E-state index contributed by atoms with van der Waals surface area (Å²) in [5.41, 5.74) is 0.216. The number of nitrogens with zero attached hydrogens (tertiary/aromatic N) is 1. The average molecular weight is 571 g/mol. The second-order valence-electron chi connectivity index (χ2n) is 6.47. The summed E-state index contributed by atoms with van der Waals surface area (Å²) in [5.74, 6) is 0.669. The highest BCUT2D eigenvalue weighted by Crippen LogP contribution is 2.31. The van der Waals surface area contributed by atoms with E-state index in [4.69, 9.17) is 4.74 Å². The zero-order valence-corrected chi connectivity index (χ0v) is 20.2. The van der Waals surface area contributed by atoms with Crippen molar-refractivity contribution in [2.45, 2.75) is 17.5 Å². The SMILES string of the molecule is CN=C(NCCOc1cccc(C(F)(F)F)c1)NCCc1ccc(S(C)(=O)=O)cc1.I. The van der Waals surface area contributed by atoms with Crippen LogP contribution in [0.2, 0.25) is 0 Å². The highest BCUT2D eigenvalue weighted by atomic mass is 127. The topological polar surface area (TPSA) is 79.8 Å². The average Bonchev–Trinajstić information content (AvgIpc) is 2.69. The van der Waals surface area contributed by atoms with Gasteiger partial charge in [-0.05, 0) is 42.3 Å². The summed E-state index contributed by atoms with van der Waals surface area (Å²) in [4.78, 5) is 4.34. The zero-order valence-electron chi connectivity index (χ0n) is 17.1. The fourth-order valence-corrected chi connectivity index (χ4v) is 3.18. The van der Waals surface area contributed by atoms with Crippen molar-refractivity contribution >= 4 is 39.8 Å². The summed E-state index contributed by atoms with van der Waals surface area (Å²) in [6, 6.07) is 11.4. The molecule has 0 saturated heterocycles. The van der Waals surface area contributed by atoms with Crippen molar-refractivity contribution < 1.29 is 26.3 Å². The fourth-order valence-electron chi connectivity index (χ4n) is 2.55. The molecule has 0 aromatic heterocycles. The molecule has 0 fully saturated rings. The van der Waals surface area contributed by atoms with Crippen LogP contribution < -0.4 is 15.4 Å². The maximum atomic E-state index is 12.7. The minimum atomic E-state index is -4.41. The Labute approximate surface area is 197 Å². The number of sulfone groups is 1. The van der Waals surface area contributed by atoms with E-state index in [0.717, 1.165) is 24.0 Å². The Hall–Kier alpha value is -2.02. The monoisotopic (exact) mass is 571 g/mol. The van der Waals surface area contributed by atoms with E-state index in [2.05, 4.69) is 15.6 Å². The summed E-state index contributed by atoms with van der Waals surface area (Å²) in [5, 5.41) is 6.12. The molecule has 0 amide bonds. The minimum absolute atomic E-state index is 0. The quantitative estimate of drug-likeness (QED) is 0.220. The van der Waals surface area contributed by atoms with Gasteiger partial charge in [0.05, 0.1) is 17.0 Å². The number of nitrogens with one attached hydrogen (secondary N) is 2. The second kappa shape index (κ2) is 12.1. The van der Waals surface area contributed by atoms with Crippen molar-refractivity contribution in [2.24, 2.45) is 4.99 Å². The molecule has 0 bridgehead atoms.